The van der Waals surface area contributed by atoms with Crippen molar-refractivity contribution in [1.29, 1.82) is 0 Å². The van der Waals surface area contributed by atoms with Gasteiger partial charge in [0.25, 0.3) is 5.91 Å². The summed E-state index contributed by atoms with van der Waals surface area (Å²) in [6, 6.07) is 14.9. The molecule has 0 atom stereocenters. The van der Waals surface area contributed by atoms with E-state index < -0.39 is 25.8 Å². The minimum Gasteiger partial charge on any atom is -0.306 e. The summed E-state index contributed by atoms with van der Waals surface area (Å²) in [5.41, 5.74) is 1.84. The van der Waals surface area contributed by atoms with Crippen LogP contribution in [0.2, 0.25) is 0 Å². The van der Waals surface area contributed by atoms with Crippen LogP contribution in [0.4, 0.5) is 5.82 Å². The number of aromatic nitrogens is 2. The molecule has 3 aromatic rings. The molecule has 2 aromatic carbocycles. The lowest BCUT2D eigenvalue weighted by Crippen LogP contribution is -2.35. The molecule has 1 aromatic heterocycles. The van der Waals surface area contributed by atoms with Crippen LogP contribution in [-0.2, 0) is 31.4 Å². The number of para-hydroxylation sites is 1. The Morgan fingerprint density at radius 2 is 1.59 bits per heavy atom. The second kappa shape index (κ2) is 8.64. The number of anilines is 1. The van der Waals surface area contributed by atoms with Crippen molar-refractivity contribution in [1.82, 2.24) is 14.1 Å². The molecule has 1 amide bonds. The van der Waals surface area contributed by atoms with E-state index in [4.69, 9.17) is 0 Å². The van der Waals surface area contributed by atoms with E-state index in [2.05, 4.69) is 10.4 Å². The molecule has 2 aliphatic rings. The number of rotatable bonds is 5. The summed E-state index contributed by atoms with van der Waals surface area (Å²) < 4.78 is 53.0. The van der Waals surface area contributed by atoms with Gasteiger partial charge in [-0.2, -0.15) is 9.40 Å². The van der Waals surface area contributed by atoms with Crippen LogP contribution in [0.5, 0.6) is 0 Å². The number of carbonyl (C=O) groups is 1. The van der Waals surface area contributed by atoms with E-state index in [0.29, 0.717) is 35.9 Å². The van der Waals surface area contributed by atoms with E-state index >= 15 is 0 Å². The van der Waals surface area contributed by atoms with Crippen LogP contribution in [0.25, 0.3) is 5.69 Å². The first-order chi connectivity index (χ1) is 16.2. The van der Waals surface area contributed by atoms with Crippen molar-refractivity contribution in [2.45, 2.75) is 35.7 Å². The first-order valence-electron chi connectivity index (χ1n) is 11.0. The van der Waals surface area contributed by atoms with Crippen LogP contribution in [0.3, 0.4) is 0 Å². The first-order valence-corrected chi connectivity index (χ1v) is 14.3. The van der Waals surface area contributed by atoms with Gasteiger partial charge in [0.2, 0.25) is 10.0 Å². The molecule has 5 rings (SSSR count). The molecule has 1 fully saturated rings. The van der Waals surface area contributed by atoms with Crippen molar-refractivity contribution in [2.24, 2.45) is 0 Å². The highest BCUT2D eigenvalue weighted by Gasteiger charge is 2.33. The third-order valence-corrected chi connectivity index (χ3v) is 9.44. The molecule has 0 bridgehead atoms. The van der Waals surface area contributed by atoms with E-state index in [0.717, 1.165) is 19.3 Å². The number of carbonyl (C=O) groups excluding carboxylic acids is 1. The molecule has 1 saturated heterocycles. The lowest BCUT2D eigenvalue weighted by molar-refractivity contribution is 0.102. The summed E-state index contributed by atoms with van der Waals surface area (Å²) in [4.78, 5) is 13.2. The van der Waals surface area contributed by atoms with Gasteiger partial charge in [-0.1, -0.05) is 24.6 Å². The molecule has 9 nitrogen and oxygen atoms in total. The predicted molar refractivity (Wildman–Crippen MR) is 127 cm³/mol. The van der Waals surface area contributed by atoms with Gasteiger partial charge in [-0.05, 0) is 49.2 Å². The average molecular weight is 501 g/mol. The number of piperidine rings is 1. The largest absolute Gasteiger partial charge is 0.306 e. The number of benzene rings is 2. The molecule has 178 valence electrons. The summed E-state index contributed by atoms with van der Waals surface area (Å²) in [5.74, 6) is -0.547. The lowest BCUT2D eigenvalue weighted by Gasteiger charge is -2.25. The molecule has 0 unspecified atom stereocenters. The fourth-order valence-corrected chi connectivity index (χ4v) is 7.35. The molecule has 34 heavy (non-hydrogen) atoms. The number of fused-ring (bicyclic) bond motifs is 1. The number of sulfone groups is 1. The Kier molecular flexibility index (Phi) is 5.78. The van der Waals surface area contributed by atoms with E-state index in [1.165, 1.54) is 33.3 Å². The molecule has 1 N–H and O–H groups in total. The van der Waals surface area contributed by atoms with Crippen LogP contribution >= 0.6 is 0 Å². The van der Waals surface area contributed by atoms with Crippen LogP contribution in [0.1, 0.15) is 40.9 Å². The van der Waals surface area contributed by atoms with Gasteiger partial charge < -0.3 is 5.32 Å². The topological polar surface area (TPSA) is 118 Å². The number of nitrogens with zero attached hydrogens (tertiary/aromatic N) is 3. The van der Waals surface area contributed by atoms with Crippen LogP contribution < -0.4 is 5.32 Å². The minimum atomic E-state index is -3.60. The van der Waals surface area contributed by atoms with Crippen molar-refractivity contribution in [2.75, 3.05) is 18.4 Å². The molecule has 0 saturated carbocycles. The molecule has 3 heterocycles. The fourth-order valence-electron chi connectivity index (χ4n) is 4.34. The first kappa shape index (κ1) is 22.8. The number of sulfonamides is 1. The molecule has 2 aliphatic heterocycles. The van der Waals surface area contributed by atoms with Crippen molar-refractivity contribution in [3.05, 3.63) is 71.4 Å². The van der Waals surface area contributed by atoms with Crippen LogP contribution in [-0.4, -0.2) is 49.9 Å². The van der Waals surface area contributed by atoms with E-state index in [9.17, 15) is 21.6 Å². The van der Waals surface area contributed by atoms with Crippen LogP contribution in [0.15, 0.2) is 59.5 Å². The Labute approximate surface area is 198 Å². The third kappa shape index (κ3) is 4.26. The predicted octanol–water partition coefficient (Wildman–Crippen LogP) is 2.73. The summed E-state index contributed by atoms with van der Waals surface area (Å²) in [6.45, 7) is 1.00. The Morgan fingerprint density at radius 1 is 0.912 bits per heavy atom. The maximum atomic E-state index is 13.1. The normalized spacial score (nSPS) is 17.9. The van der Waals surface area contributed by atoms with E-state index in [1.54, 1.807) is 0 Å². The van der Waals surface area contributed by atoms with Crippen molar-refractivity contribution < 1.29 is 21.6 Å². The van der Waals surface area contributed by atoms with Gasteiger partial charge in [-0.3, -0.25) is 4.79 Å². The second-order valence-electron chi connectivity index (χ2n) is 8.50. The number of nitrogens with one attached hydrogen (secondary N) is 1. The van der Waals surface area contributed by atoms with Gasteiger partial charge >= 0.3 is 0 Å². The van der Waals surface area contributed by atoms with Crippen molar-refractivity contribution in [3.8, 4) is 5.69 Å². The van der Waals surface area contributed by atoms with Gasteiger partial charge in [-0.15, -0.1) is 0 Å². The quantitative estimate of drug-likeness (QED) is 0.576. The SMILES string of the molecule is O=C(Nc1c2c(nn1-c1ccccc1)CS(=O)(=O)C2)c1ccc(S(=O)(=O)N2CCCCC2)cc1. The van der Waals surface area contributed by atoms with Crippen molar-refractivity contribution >= 4 is 31.6 Å². The monoisotopic (exact) mass is 500 g/mol. The summed E-state index contributed by atoms with van der Waals surface area (Å²) >= 11 is 0. The highest BCUT2D eigenvalue weighted by Crippen LogP contribution is 2.33. The van der Waals surface area contributed by atoms with E-state index in [1.807, 2.05) is 30.3 Å². The Hall–Kier alpha value is -3.02. The number of hydrogen-bond acceptors (Lipinski definition) is 6. The smallest absolute Gasteiger partial charge is 0.256 e. The summed E-state index contributed by atoms with van der Waals surface area (Å²) in [5, 5.41) is 7.24. The summed E-state index contributed by atoms with van der Waals surface area (Å²) in [7, 11) is -6.91. The fraction of sp³-hybridized carbons (Fsp3) is 0.304. The Morgan fingerprint density at radius 3 is 2.26 bits per heavy atom. The van der Waals surface area contributed by atoms with E-state index in [-0.39, 0.29) is 22.0 Å². The minimum absolute atomic E-state index is 0.146. The lowest BCUT2D eigenvalue weighted by atomic mass is 10.2. The van der Waals surface area contributed by atoms with Crippen LogP contribution in [0, 0.1) is 0 Å². The maximum Gasteiger partial charge on any atom is 0.256 e. The highest BCUT2D eigenvalue weighted by molar-refractivity contribution is 7.90. The maximum absolute atomic E-state index is 13.1. The number of amides is 1. The van der Waals surface area contributed by atoms with Gasteiger partial charge in [0.1, 0.15) is 5.82 Å². The van der Waals surface area contributed by atoms with Gasteiger partial charge in [0, 0.05) is 24.2 Å². The molecular formula is C23H24N4O5S2. The van der Waals surface area contributed by atoms with Gasteiger partial charge in [0.15, 0.2) is 9.84 Å². The number of hydrogen-bond donors (Lipinski definition) is 1. The zero-order valence-corrected chi connectivity index (χ0v) is 20.0. The molecule has 0 spiro atoms. The molecule has 0 radical (unpaired) electrons. The average Bonchev–Trinajstić information content (AvgIpc) is 3.32. The molecule has 0 aliphatic carbocycles. The van der Waals surface area contributed by atoms with Crippen molar-refractivity contribution in [3.63, 3.8) is 0 Å². The zero-order chi connectivity index (χ0) is 23.9. The third-order valence-electron chi connectivity index (χ3n) is 6.09. The van der Waals surface area contributed by atoms with Gasteiger partial charge in [0.05, 0.1) is 27.8 Å². The van der Waals surface area contributed by atoms with Gasteiger partial charge in [-0.25, -0.2) is 21.5 Å². The molecular weight excluding hydrogens is 476 g/mol. The Balaban J connectivity index is 1.43. The standard InChI is InChI=1S/C23H24N4O5S2/c28-23(17-9-11-19(12-10-17)34(31,32)26-13-5-2-6-14-26)24-22-20-15-33(29,30)16-21(20)25-27(22)18-7-3-1-4-8-18/h1,3-4,7-12H,2,5-6,13-16H2,(H,24,28). The zero-order valence-electron chi connectivity index (χ0n) is 18.3. The molecule has 11 heteroatoms. The highest BCUT2D eigenvalue weighted by atomic mass is 32.2. The summed E-state index contributed by atoms with van der Waals surface area (Å²) in [6.07, 6.45) is 2.71. The second-order valence-corrected chi connectivity index (χ2v) is 12.5. The Bertz CT molecular complexity index is 1440.